The second kappa shape index (κ2) is 6.31. The molecule has 0 radical (unpaired) electrons. The van der Waals surface area contributed by atoms with Crippen molar-refractivity contribution in [3.8, 4) is 0 Å². The highest BCUT2D eigenvalue weighted by Gasteiger charge is 2.14. The van der Waals surface area contributed by atoms with Crippen molar-refractivity contribution in [3.05, 3.63) is 32.8 Å². The van der Waals surface area contributed by atoms with E-state index in [0.29, 0.717) is 5.92 Å². The number of anilines is 1. The molecule has 1 heterocycles. The smallest absolute Gasteiger partial charge is 0.130 e. The molecule has 2 nitrogen and oxygen atoms in total. The summed E-state index contributed by atoms with van der Waals surface area (Å²) in [6.45, 7) is 9.46. The predicted octanol–water partition coefficient (Wildman–Crippen LogP) is 5.90. The Kier molecular flexibility index (Phi) is 4.92. The van der Waals surface area contributed by atoms with Gasteiger partial charge in [0.25, 0.3) is 0 Å². The molecule has 0 saturated carbocycles. The average molecular weight is 356 g/mol. The van der Waals surface area contributed by atoms with Crippen LogP contribution in [0.25, 0.3) is 10.9 Å². The summed E-state index contributed by atoms with van der Waals surface area (Å²) in [4.78, 5) is 4.79. The monoisotopic (exact) mass is 354 g/mol. The Morgan fingerprint density at radius 2 is 2.05 bits per heavy atom. The van der Waals surface area contributed by atoms with Gasteiger partial charge in [-0.2, -0.15) is 0 Å². The van der Waals surface area contributed by atoms with Crippen molar-refractivity contribution >= 4 is 44.3 Å². The fraction of sp³-hybridized carbons (Fsp3) is 0.438. The first-order valence-corrected chi connectivity index (χ1v) is 8.15. The van der Waals surface area contributed by atoms with Crippen LogP contribution in [0.4, 0.5) is 5.82 Å². The van der Waals surface area contributed by atoms with Gasteiger partial charge in [-0.05, 0) is 58.5 Å². The maximum absolute atomic E-state index is 6.45. The minimum absolute atomic E-state index is 0.404. The number of rotatable bonds is 4. The summed E-state index contributed by atoms with van der Waals surface area (Å²) in [5.74, 6) is 1.37. The quantitative estimate of drug-likeness (QED) is 0.738. The molecule has 0 aliphatic carbocycles. The fourth-order valence-electron chi connectivity index (χ4n) is 2.24. The number of aromatic nitrogens is 1. The van der Waals surface area contributed by atoms with Gasteiger partial charge in [-0.3, -0.25) is 0 Å². The van der Waals surface area contributed by atoms with E-state index in [1.165, 1.54) is 5.56 Å². The van der Waals surface area contributed by atoms with Gasteiger partial charge >= 0.3 is 0 Å². The highest BCUT2D eigenvalue weighted by molar-refractivity contribution is 9.10. The number of aryl methyl sites for hydroxylation is 1. The molecule has 108 valence electrons. The zero-order chi connectivity index (χ0) is 14.9. The molecule has 0 unspecified atom stereocenters. The van der Waals surface area contributed by atoms with Crippen molar-refractivity contribution in [3.63, 3.8) is 0 Å². The van der Waals surface area contributed by atoms with Crippen LogP contribution in [0.2, 0.25) is 5.02 Å². The van der Waals surface area contributed by atoms with Gasteiger partial charge < -0.3 is 5.32 Å². The van der Waals surface area contributed by atoms with Crippen molar-refractivity contribution in [1.82, 2.24) is 4.98 Å². The Hall–Kier alpha value is -0.800. The molecule has 4 heteroatoms. The lowest BCUT2D eigenvalue weighted by Gasteiger charge is -2.16. The summed E-state index contributed by atoms with van der Waals surface area (Å²) in [6.07, 6.45) is 1.08. The largest absolute Gasteiger partial charge is 0.370 e. The van der Waals surface area contributed by atoms with Gasteiger partial charge in [0.15, 0.2) is 0 Å². The predicted molar refractivity (Wildman–Crippen MR) is 92.1 cm³/mol. The van der Waals surface area contributed by atoms with Crippen LogP contribution in [0, 0.1) is 6.92 Å². The summed E-state index contributed by atoms with van der Waals surface area (Å²) in [6, 6.07) is 4.20. The molecule has 0 amide bonds. The molecule has 0 atom stereocenters. The van der Waals surface area contributed by atoms with Crippen molar-refractivity contribution in [1.29, 1.82) is 0 Å². The van der Waals surface area contributed by atoms with Crippen LogP contribution in [0.1, 0.15) is 44.2 Å². The highest BCUT2D eigenvalue weighted by Crippen LogP contribution is 2.36. The first kappa shape index (κ1) is 15.6. The number of halogens is 2. The second-order valence-corrected chi connectivity index (χ2v) is 6.63. The number of hydrogen-bond donors (Lipinski definition) is 1. The van der Waals surface area contributed by atoms with Crippen LogP contribution >= 0.6 is 27.5 Å². The maximum Gasteiger partial charge on any atom is 0.130 e. The van der Waals surface area contributed by atoms with E-state index in [1.807, 2.05) is 13.0 Å². The Labute approximate surface area is 134 Å². The molecular weight excluding hydrogens is 336 g/mol. The summed E-state index contributed by atoms with van der Waals surface area (Å²) >= 11 is 10.0. The van der Waals surface area contributed by atoms with E-state index in [4.69, 9.17) is 16.6 Å². The van der Waals surface area contributed by atoms with E-state index in [0.717, 1.165) is 44.7 Å². The van der Waals surface area contributed by atoms with Crippen molar-refractivity contribution in [2.45, 2.75) is 40.0 Å². The summed E-state index contributed by atoms with van der Waals surface area (Å²) in [7, 11) is 0. The molecular formula is C16H20BrClN2. The van der Waals surface area contributed by atoms with Gasteiger partial charge in [-0.1, -0.05) is 32.4 Å². The molecule has 1 N–H and O–H groups in total. The number of pyridine rings is 1. The van der Waals surface area contributed by atoms with Crippen LogP contribution in [0.5, 0.6) is 0 Å². The summed E-state index contributed by atoms with van der Waals surface area (Å²) in [5.41, 5.74) is 3.20. The molecule has 20 heavy (non-hydrogen) atoms. The first-order chi connectivity index (χ1) is 9.45. The number of fused-ring (bicyclic) bond motifs is 1. The standard InChI is InChI=1S/C16H20BrClN2/c1-5-6-19-16-11(9(2)3)8-12-14(18)10(4)7-13(17)15(12)20-16/h7-9H,5-6H2,1-4H3,(H,19,20). The van der Waals surface area contributed by atoms with Crippen LogP contribution in [-0.2, 0) is 0 Å². The average Bonchev–Trinajstić information content (AvgIpc) is 2.41. The van der Waals surface area contributed by atoms with Gasteiger partial charge in [-0.25, -0.2) is 4.98 Å². The highest BCUT2D eigenvalue weighted by atomic mass is 79.9. The lowest BCUT2D eigenvalue weighted by atomic mass is 10.0. The van der Waals surface area contributed by atoms with Crippen molar-refractivity contribution in [2.75, 3.05) is 11.9 Å². The fourth-order valence-corrected chi connectivity index (χ4v) is 3.08. The third kappa shape index (κ3) is 2.94. The topological polar surface area (TPSA) is 24.9 Å². The number of hydrogen-bond acceptors (Lipinski definition) is 2. The Bertz CT molecular complexity index is 638. The molecule has 0 aliphatic heterocycles. The SMILES string of the molecule is CCCNc1nc2c(Br)cc(C)c(Cl)c2cc1C(C)C. The first-order valence-electron chi connectivity index (χ1n) is 6.98. The normalized spacial score (nSPS) is 11.3. The van der Waals surface area contributed by atoms with Gasteiger partial charge in [-0.15, -0.1) is 0 Å². The third-order valence-electron chi connectivity index (χ3n) is 3.37. The van der Waals surface area contributed by atoms with Gasteiger partial charge in [0.2, 0.25) is 0 Å². The van der Waals surface area contributed by atoms with Crippen LogP contribution in [-0.4, -0.2) is 11.5 Å². The third-order valence-corrected chi connectivity index (χ3v) is 4.47. The van der Waals surface area contributed by atoms with Crippen LogP contribution in [0.3, 0.4) is 0 Å². The number of nitrogens with zero attached hydrogens (tertiary/aromatic N) is 1. The molecule has 1 aromatic carbocycles. The van der Waals surface area contributed by atoms with E-state index in [2.05, 4.69) is 48.1 Å². The van der Waals surface area contributed by atoms with Crippen LogP contribution in [0.15, 0.2) is 16.6 Å². The molecule has 0 saturated heterocycles. The minimum atomic E-state index is 0.404. The van der Waals surface area contributed by atoms with Crippen molar-refractivity contribution in [2.24, 2.45) is 0 Å². The van der Waals surface area contributed by atoms with E-state index < -0.39 is 0 Å². The van der Waals surface area contributed by atoms with E-state index in [9.17, 15) is 0 Å². The molecule has 2 aromatic rings. The second-order valence-electron chi connectivity index (χ2n) is 5.39. The molecule has 0 aliphatic rings. The lowest BCUT2D eigenvalue weighted by Crippen LogP contribution is -2.07. The molecule has 1 aromatic heterocycles. The minimum Gasteiger partial charge on any atom is -0.370 e. The Morgan fingerprint density at radius 1 is 1.35 bits per heavy atom. The van der Waals surface area contributed by atoms with E-state index in [-0.39, 0.29) is 0 Å². The van der Waals surface area contributed by atoms with Gasteiger partial charge in [0, 0.05) is 16.4 Å². The van der Waals surface area contributed by atoms with E-state index in [1.54, 1.807) is 0 Å². The summed E-state index contributed by atoms with van der Waals surface area (Å²) < 4.78 is 0.990. The number of benzene rings is 1. The number of nitrogens with one attached hydrogen (secondary N) is 1. The zero-order valence-corrected chi connectivity index (χ0v) is 14.7. The van der Waals surface area contributed by atoms with E-state index >= 15 is 0 Å². The Balaban J connectivity index is 2.71. The van der Waals surface area contributed by atoms with Crippen molar-refractivity contribution < 1.29 is 0 Å². The maximum atomic E-state index is 6.45. The molecule has 0 spiro atoms. The lowest BCUT2D eigenvalue weighted by molar-refractivity contribution is 0.856. The van der Waals surface area contributed by atoms with Gasteiger partial charge in [0.05, 0.1) is 10.5 Å². The molecule has 0 bridgehead atoms. The molecule has 0 fully saturated rings. The van der Waals surface area contributed by atoms with Gasteiger partial charge in [0.1, 0.15) is 5.82 Å². The molecule has 2 rings (SSSR count). The zero-order valence-electron chi connectivity index (χ0n) is 12.3. The summed E-state index contributed by atoms with van der Waals surface area (Å²) in [5, 5.41) is 5.23. The van der Waals surface area contributed by atoms with Crippen LogP contribution < -0.4 is 5.32 Å². The Morgan fingerprint density at radius 3 is 2.65 bits per heavy atom.